The van der Waals surface area contributed by atoms with E-state index in [0.717, 1.165) is 23.6 Å². The summed E-state index contributed by atoms with van der Waals surface area (Å²) in [6.07, 6.45) is 0.343. The lowest BCUT2D eigenvalue weighted by Gasteiger charge is -2.07. The smallest absolute Gasteiger partial charge is 0.264 e. The van der Waals surface area contributed by atoms with Crippen LogP contribution in [-0.2, 0) is 19.6 Å². The molecule has 0 radical (unpaired) electrons. The highest BCUT2D eigenvalue weighted by Gasteiger charge is 2.15. The van der Waals surface area contributed by atoms with Gasteiger partial charge in [0.15, 0.2) is 0 Å². The summed E-state index contributed by atoms with van der Waals surface area (Å²) in [7, 11) is -3.86. The van der Waals surface area contributed by atoms with Gasteiger partial charge in [-0.3, -0.25) is 14.6 Å². The van der Waals surface area contributed by atoms with Crippen molar-refractivity contribution in [1.29, 1.82) is 0 Å². The Kier molecular flexibility index (Phi) is 6.69. The fourth-order valence-corrected chi connectivity index (χ4v) is 4.83. The zero-order chi connectivity index (χ0) is 17.6. The van der Waals surface area contributed by atoms with Crippen LogP contribution in [0.25, 0.3) is 0 Å². The van der Waals surface area contributed by atoms with Crippen LogP contribution < -0.4 is 10.0 Å². The molecule has 0 fully saturated rings. The second kappa shape index (κ2) is 8.54. The van der Waals surface area contributed by atoms with E-state index in [-0.39, 0.29) is 10.8 Å². The summed E-state index contributed by atoms with van der Waals surface area (Å²) in [6, 6.07) is 5.63. The van der Waals surface area contributed by atoms with Crippen LogP contribution in [0.15, 0.2) is 34.2 Å². The first-order valence-electron chi connectivity index (χ1n) is 7.10. The molecule has 130 valence electrons. The number of benzene rings is 1. The lowest BCUT2D eigenvalue weighted by molar-refractivity contribution is -0.117. The number of hydrogen-bond donors (Lipinski definition) is 2. The van der Waals surface area contributed by atoms with Crippen LogP contribution in [0.4, 0.5) is 5.69 Å². The van der Waals surface area contributed by atoms with Gasteiger partial charge in [-0.1, -0.05) is 23.5 Å². The third-order valence-electron chi connectivity index (χ3n) is 2.84. The second-order valence-electron chi connectivity index (χ2n) is 4.83. The van der Waals surface area contributed by atoms with Crippen molar-refractivity contribution >= 4 is 55.4 Å². The standard InChI is InChI=1S/C14H17N3O4S3/c1-10(18)17-24(20,21)12-4-2-11(3-5-12)16-13(19)6-8-22-14-15-7-9-23-14/h2-5H,6-9H2,1H3,(H,16,19)(H,17,18). The first kappa shape index (κ1) is 18.8. The number of sulfonamides is 1. The number of anilines is 1. The van der Waals surface area contributed by atoms with Gasteiger partial charge in [-0.25, -0.2) is 13.1 Å². The lowest BCUT2D eigenvalue weighted by atomic mass is 10.3. The number of carbonyl (C=O) groups is 2. The molecule has 2 amide bonds. The Bertz CT molecular complexity index is 745. The predicted molar refractivity (Wildman–Crippen MR) is 97.9 cm³/mol. The lowest BCUT2D eigenvalue weighted by Crippen LogP contribution is -2.28. The molecular weight excluding hydrogens is 370 g/mol. The van der Waals surface area contributed by atoms with Gasteiger partial charge in [0.1, 0.15) is 4.38 Å². The van der Waals surface area contributed by atoms with Crippen LogP contribution >= 0.6 is 23.5 Å². The van der Waals surface area contributed by atoms with Crippen molar-refractivity contribution in [2.45, 2.75) is 18.2 Å². The maximum atomic E-state index is 11.9. The van der Waals surface area contributed by atoms with Crippen LogP contribution in [0.5, 0.6) is 0 Å². The van der Waals surface area contributed by atoms with Crippen LogP contribution in [-0.4, -0.2) is 42.7 Å². The van der Waals surface area contributed by atoms with E-state index < -0.39 is 15.9 Å². The van der Waals surface area contributed by atoms with Crippen molar-refractivity contribution in [3.05, 3.63) is 24.3 Å². The second-order valence-corrected chi connectivity index (χ2v) is 8.94. The van der Waals surface area contributed by atoms with E-state index in [0.29, 0.717) is 17.9 Å². The Morgan fingerprint density at radius 1 is 1.29 bits per heavy atom. The molecule has 0 spiro atoms. The molecule has 1 aromatic rings. The van der Waals surface area contributed by atoms with E-state index in [9.17, 15) is 18.0 Å². The van der Waals surface area contributed by atoms with Crippen molar-refractivity contribution in [3.8, 4) is 0 Å². The van der Waals surface area contributed by atoms with E-state index in [1.165, 1.54) is 24.3 Å². The molecule has 0 aliphatic carbocycles. The molecule has 1 aliphatic rings. The molecule has 1 heterocycles. The molecule has 0 unspecified atom stereocenters. The van der Waals surface area contributed by atoms with Crippen molar-refractivity contribution in [3.63, 3.8) is 0 Å². The molecule has 0 saturated heterocycles. The van der Waals surface area contributed by atoms with E-state index in [1.807, 2.05) is 4.72 Å². The molecule has 24 heavy (non-hydrogen) atoms. The van der Waals surface area contributed by atoms with Crippen LogP contribution in [0, 0.1) is 0 Å². The number of nitrogens with one attached hydrogen (secondary N) is 2. The Labute approximate surface area is 149 Å². The molecule has 10 heteroatoms. The summed E-state index contributed by atoms with van der Waals surface area (Å²) >= 11 is 3.27. The molecule has 0 saturated carbocycles. The highest BCUT2D eigenvalue weighted by molar-refractivity contribution is 8.39. The summed E-state index contributed by atoms with van der Waals surface area (Å²) < 4.78 is 26.5. The Balaban J connectivity index is 1.84. The van der Waals surface area contributed by atoms with Gasteiger partial charge in [0.2, 0.25) is 11.8 Å². The minimum Gasteiger partial charge on any atom is -0.326 e. The van der Waals surface area contributed by atoms with Gasteiger partial charge < -0.3 is 5.32 Å². The number of amides is 2. The molecule has 0 bridgehead atoms. The van der Waals surface area contributed by atoms with Crippen molar-refractivity contribution in [1.82, 2.24) is 4.72 Å². The molecular formula is C14H17N3O4S3. The van der Waals surface area contributed by atoms with Crippen molar-refractivity contribution in [2.24, 2.45) is 4.99 Å². The largest absolute Gasteiger partial charge is 0.326 e. The van der Waals surface area contributed by atoms with Gasteiger partial charge in [0.05, 0.1) is 11.4 Å². The monoisotopic (exact) mass is 387 g/mol. The molecule has 0 atom stereocenters. The quantitative estimate of drug-likeness (QED) is 0.769. The summed E-state index contributed by atoms with van der Waals surface area (Å²) in [4.78, 5) is 27.0. The first-order valence-corrected chi connectivity index (χ1v) is 10.6. The van der Waals surface area contributed by atoms with Crippen molar-refractivity contribution < 1.29 is 18.0 Å². The highest BCUT2D eigenvalue weighted by Crippen LogP contribution is 2.22. The molecule has 7 nitrogen and oxygen atoms in total. The summed E-state index contributed by atoms with van der Waals surface area (Å²) in [5.74, 6) is 0.841. The minimum absolute atomic E-state index is 0.0393. The summed E-state index contributed by atoms with van der Waals surface area (Å²) in [6.45, 7) is 1.97. The Morgan fingerprint density at radius 2 is 2.00 bits per heavy atom. The van der Waals surface area contributed by atoms with E-state index in [4.69, 9.17) is 0 Å². The fraction of sp³-hybridized carbons (Fsp3) is 0.357. The average molecular weight is 388 g/mol. The number of thioether (sulfide) groups is 2. The SMILES string of the molecule is CC(=O)NS(=O)(=O)c1ccc(NC(=O)CCSC2=NCCS2)cc1. The van der Waals surface area contributed by atoms with E-state index >= 15 is 0 Å². The number of hydrogen-bond acceptors (Lipinski definition) is 7. The third-order valence-corrected chi connectivity index (χ3v) is 6.54. The number of aliphatic imine (C=N–C) groups is 1. The maximum Gasteiger partial charge on any atom is 0.264 e. The van der Waals surface area contributed by atoms with Gasteiger partial charge in [0.25, 0.3) is 10.0 Å². The topological polar surface area (TPSA) is 105 Å². The molecule has 2 N–H and O–H groups in total. The minimum atomic E-state index is -3.86. The highest BCUT2D eigenvalue weighted by atomic mass is 32.2. The number of carbonyl (C=O) groups excluding carboxylic acids is 2. The number of rotatable bonds is 6. The Hall–Kier alpha value is -1.52. The predicted octanol–water partition coefficient (Wildman–Crippen LogP) is 1.68. The molecule has 1 aromatic carbocycles. The van der Waals surface area contributed by atoms with E-state index in [1.54, 1.807) is 23.5 Å². The van der Waals surface area contributed by atoms with Gasteiger partial charge >= 0.3 is 0 Å². The summed E-state index contributed by atoms with van der Waals surface area (Å²) in [5.41, 5.74) is 0.499. The average Bonchev–Trinajstić information content (AvgIpc) is 3.00. The Morgan fingerprint density at radius 3 is 2.58 bits per heavy atom. The van der Waals surface area contributed by atoms with Gasteiger partial charge in [-0.05, 0) is 24.3 Å². The van der Waals surface area contributed by atoms with E-state index in [2.05, 4.69) is 10.3 Å². The zero-order valence-electron chi connectivity index (χ0n) is 12.9. The van der Waals surface area contributed by atoms with Crippen LogP contribution in [0.1, 0.15) is 13.3 Å². The zero-order valence-corrected chi connectivity index (χ0v) is 15.4. The molecule has 1 aliphatic heterocycles. The third kappa shape index (κ3) is 5.84. The summed E-state index contributed by atoms with van der Waals surface area (Å²) in [5, 5.41) is 2.71. The maximum absolute atomic E-state index is 11.9. The number of nitrogens with zero attached hydrogens (tertiary/aromatic N) is 1. The van der Waals surface area contributed by atoms with Crippen molar-refractivity contribution in [2.75, 3.05) is 23.4 Å². The molecule has 0 aromatic heterocycles. The van der Waals surface area contributed by atoms with Gasteiger partial charge in [-0.15, -0.1) is 0 Å². The fourth-order valence-electron chi connectivity index (χ4n) is 1.82. The van der Waals surface area contributed by atoms with Crippen LogP contribution in [0.2, 0.25) is 0 Å². The molecule has 2 rings (SSSR count). The first-order chi connectivity index (χ1) is 11.4. The van der Waals surface area contributed by atoms with Crippen LogP contribution in [0.3, 0.4) is 0 Å². The normalized spacial score (nSPS) is 14.1. The van der Waals surface area contributed by atoms with Gasteiger partial charge in [0, 0.05) is 30.5 Å². The van der Waals surface area contributed by atoms with Gasteiger partial charge in [-0.2, -0.15) is 0 Å².